The molecule has 20 heavy (non-hydrogen) atoms. The average molecular weight is 275 g/mol. The molecule has 0 spiro atoms. The summed E-state index contributed by atoms with van der Waals surface area (Å²) in [4.78, 5) is 23.8. The number of carbonyl (C=O) groups is 2. The van der Waals surface area contributed by atoms with Crippen LogP contribution in [-0.4, -0.2) is 23.0 Å². The highest BCUT2D eigenvalue weighted by Crippen LogP contribution is 2.26. The number of aryl methyl sites for hydroxylation is 2. The average Bonchev–Trinajstić information content (AvgIpc) is 2.76. The molecule has 4 heteroatoms. The van der Waals surface area contributed by atoms with E-state index in [4.69, 9.17) is 0 Å². The van der Waals surface area contributed by atoms with Crippen molar-refractivity contribution in [1.82, 2.24) is 5.32 Å². The molecule has 2 rings (SSSR count). The van der Waals surface area contributed by atoms with Crippen molar-refractivity contribution in [2.75, 3.05) is 0 Å². The Labute approximate surface area is 119 Å². The molecule has 1 amide bonds. The van der Waals surface area contributed by atoms with Crippen molar-refractivity contribution in [2.45, 2.75) is 46.1 Å². The van der Waals surface area contributed by atoms with E-state index >= 15 is 0 Å². The Hall–Kier alpha value is -1.84. The van der Waals surface area contributed by atoms with Crippen LogP contribution in [0.3, 0.4) is 0 Å². The minimum absolute atomic E-state index is 0.119. The lowest BCUT2D eigenvalue weighted by Gasteiger charge is -2.16. The van der Waals surface area contributed by atoms with E-state index in [9.17, 15) is 14.7 Å². The topological polar surface area (TPSA) is 66.4 Å². The van der Waals surface area contributed by atoms with E-state index in [0.29, 0.717) is 22.6 Å². The lowest BCUT2D eigenvalue weighted by atomic mass is 9.96. The predicted molar refractivity (Wildman–Crippen MR) is 77.1 cm³/mol. The van der Waals surface area contributed by atoms with Crippen LogP contribution in [0.5, 0.6) is 0 Å². The van der Waals surface area contributed by atoms with Gasteiger partial charge in [0, 0.05) is 6.04 Å². The van der Waals surface area contributed by atoms with E-state index in [1.54, 1.807) is 26.0 Å². The van der Waals surface area contributed by atoms with Gasteiger partial charge >= 0.3 is 5.97 Å². The Morgan fingerprint density at radius 3 is 2.25 bits per heavy atom. The highest BCUT2D eigenvalue weighted by molar-refractivity contribution is 6.06. The molecule has 0 heterocycles. The zero-order valence-electron chi connectivity index (χ0n) is 12.2. The minimum Gasteiger partial charge on any atom is -0.478 e. The Kier molecular flexibility index (Phi) is 4.12. The fourth-order valence-electron chi connectivity index (χ4n) is 2.97. The summed E-state index contributed by atoms with van der Waals surface area (Å²) < 4.78 is 0. The van der Waals surface area contributed by atoms with Gasteiger partial charge in [-0.2, -0.15) is 0 Å². The Balaban J connectivity index is 2.29. The van der Waals surface area contributed by atoms with Gasteiger partial charge in [-0.15, -0.1) is 0 Å². The summed E-state index contributed by atoms with van der Waals surface area (Å²) in [5, 5.41) is 12.3. The van der Waals surface area contributed by atoms with Crippen LogP contribution in [0.15, 0.2) is 12.1 Å². The fourth-order valence-corrected chi connectivity index (χ4v) is 2.97. The largest absolute Gasteiger partial charge is 0.478 e. The summed E-state index contributed by atoms with van der Waals surface area (Å²) in [5.74, 6) is -0.684. The lowest BCUT2D eigenvalue weighted by Crippen LogP contribution is -2.34. The molecule has 0 saturated heterocycles. The maximum atomic E-state index is 12.4. The van der Waals surface area contributed by atoms with E-state index in [1.165, 1.54) is 0 Å². The van der Waals surface area contributed by atoms with Crippen molar-refractivity contribution in [3.05, 3.63) is 34.4 Å². The first-order chi connectivity index (χ1) is 9.40. The second-order valence-corrected chi connectivity index (χ2v) is 5.84. The van der Waals surface area contributed by atoms with Crippen LogP contribution < -0.4 is 5.32 Å². The number of rotatable bonds is 3. The Morgan fingerprint density at radius 1 is 1.15 bits per heavy atom. The normalized spacial score (nSPS) is 21.8. The number of amides is 1. The number of nitrogens with one attached hydrogen (secondary N) is 1. The Morgan fingerprint density at radius 2 is 1.75 bits per heavy atom. The number of carboxylic acid groups (broad SMARTS) is 1. The molecule has 1 aliphatic rings. The van der Waals surface area contributed by atoms with Gasteiger partial charge in [-0.3, -0.25) is 4.79 Å². The third-order valence-electron chi connectivity index (χ3n) is 4.09. The first-order valence-electron chi connectivity index (χ1n) is 7.04. The minimum atomic E-state index is -1.05. The molecule has 1 fully saturated rings. The molecule has 1 saturated carbocycles. The van der Waals surface area contributed by atoms with E-state index in [0.717, 1.165) is 19.3 Å². The van der Waals surface area contributed by atoms with Crippen LogP contribution in [0, 0.1) is 19.8 Å². The van der Waals surface area contributed by atoms with Gasteiger partial charge in [0.15, 0.2) is 0 Å². The van der Waals surface area contributed by atoms with Gasteiger partial charge in [-0.1, -0.05) is 19.1 Å². The molecule has 1 aliphatic carbocycles. The molecular weight excluding hydrogens is 254 g/mol. The molecule has 2 N–H and O–H groups in total. The molecule has 0 radical (unpaired) electrons. The first kappa shape index (κ1) is 14.6. The molecule has 0 aromatic heterocycles. The number of carbonyl (C=O) groups excluding carboxylic acids is 1. The highest BCUT2D eigenvalue weighted by atomic mass is 16.4. The van der Waals surface area contributed by atoms with Crippen molar-refractivity contribution in [3.63, 3.8) is 0 Å². The molecular formula is C16H21NO3. The number of hydrogen-bond donors (Lipinski definition) is 2. The van der Waals surface area contributed by atoms with Crippen LogP contribution in [0.2, 0.25) is 0 Å². The molecule has 108 valence electrons. The van der Waals surface area contributed by atoms with Crippen LogP contribution in [-0.2, 0) is 0 Å². The molecule has 4 nitrogen and oxygen atoms in total. The van der Waals surface area contributed by atoms with E-state index in [1.807, 2.05) is 0 Å². The number of aromatic carboxylic acids is 1. The van der Waals surface area contributed by atoms with Crippen LogP contribution >= 0.6 is 0 Å². The lowest BCUT2D eigenvalue weighted by molar-refractivity contribution is 0.0689. The van der Waals surface area contributed by atoms with E-state index in [-0.39, 0.29) is 17.5 Å². The van der Waals surface area contributed by atoms with Crippen LogP contribution in [0.1, 0.15) is 58.0 Å². The highest BCUT2D eigenvalue weighted by Gasteiger charge is 2.26. The van der Waals surface area contributed by atoms with Crippen molar-refractivity contribution < 1.29 is 14.7 Å². The fraction of sp³-hybridized carbons (Fsp3) is 0.500. The summed E-state index contributed by atoms with van der Waals surface area (Å²) in [6.45, 7) is 5.67. The Bertz CT molecular complexity index is 551. The van der Waals surface area contributed by atoms with Crippen LogP contribution in [0.4, 0.5) is 0 Å². The van der Waals surface area contributed by atoms with Gasteiger partial charge in [0.25, 0.3) is 5.91 Å². The molecule has 2 unspecified atom stereocenters. The monoisotopic (exact) mass is 275 g/mol. The van der Waals surface area contributed by atoms with E-state index < -0.39 is 5.97 Å². The van der Waals surface area contributed by atoms with Crippen LogP contribution in [0.25, 0.3) is 0 Å². The molecule has 1 aromatic rings. The van der Waals surface area contributed by atoms with E-state index in [2.05, 4.69) is 12.2 Å². The van der Waals surface area contributed by atoms with Gasteiger partial charge in [-0.25, -0.2) is 4.79 Å². The predicted octanol–water partition coefficient (Wildman–Crippen LogP) is 2.92. The van der Waals surface area contributed by atoms with Gasteiger partial charge < -0.3 is 10.4 Å². The zero-order chi connectivity index (χ0) is 14.9. The SMILES string of the molecule is Cc1ccc(C)c(C(=O)NC2CCC(C)C2)c1C(=O)O. The number of carboxylic acids is 1. The standard InChI is InChI=1S/C16H21NO3/c1-9-4-7-12(8-9)17-15(18)13-10(2)5-6-11(3)14(13)16(19)20/h5-6,9,12H,4,7-8H2,1-3H3,(H,17,18)(H,19,20). The second kappa shape index (κ2) is 5.65. The van der Waals surface area contributed by atoms with Crippen molar-refractivity contribution >= 4 is 11.9 Å². The maximum absolute atomic E-state index is 12.4. The second-order valence-electron chi connectivity index (χ2n) is 5.84. The molecule has 1 aromatic carbocycles. The number of hydrogen-bond acceptors (Lipinski definition) is 2. The van der Waals surface area contributed by atoms with Crippen molar-refractivity contribution in [2.24, 2.45) is 5.92 Å². The van der Waals surface area contributed by atoms with Crippen molar-refractivity contribution in [1.29, 1.82) is 0 Å². The number of benzene rings is 1. The summed E-state index contributed by atoms with van der Waals surface area (Å²) in [6.07, 6.45) is 3.06. The van der Waals surface area contributed by atoms with Gasteiger partial charge in [0.1, 0.15) is 0 Å². The maximum Gasteiger partial charge on any atom is 0.336 e. The quantitative estimate of drug-likeness (QED) is 0.891. The van der Waals surface area contributed by atoms with Crippen molar-refractivity contribution in [3.8, 4) is 0 Å². The summed E-state index contributed by atoms with van der Waals surface area (Å²) in [6, 6.07) is 3.71. The summed E-state index contributed by atoms with van der Waals surface area (Å²) in [7, 11) is 0. The molecule has 2 atom stereocenters. The summed E-state index contributed by atoms with van der Waals surface area (Å²) >= 11 is 0. The van der Waals surface area contributed by atoms with Gasteiger partial charge in [0.05, 0.1) is 11.1 Å². The zero-order valence-corrected chi connectivity index (χ0v) is 12.2. The third kappa shape index (κ3) is 2.84. The van der Waals surface area contributed by atoms with Gasteiger partial charge in [-0.05, 0) is 50.2 Å². The molecule has 0 bridgehead atoms. The summed E-state index contributed by atoms with van der Waals surface area (Å²) in [5.41, 5.74) is 1.75. The first-order valence-corrected chi connectivity index (χ1v) is 7.04. The third-order valence-corrected chi connectivity index (χ3v) is 4.09. The smallest absolute Gasteiger partial charge is 0.336 e. The molecule has 0 aliphatic heterocycles. The van der Waals surface area contributed by atoms with Gasteiger partial charge in [0.2, 0.25) is 0 Å².